The zero-order valence-corrected chi connectivity index (χ0v) is 18.5. The number of aromatic nitrogens is 1. The van der Waals surface area contributed by atoms with Crippen LogP contribution in [0.3, 0.4) is 0 Å². The van der Waals surface area contributed by atoms with Crippen molar-refractivity contribution in [3.05, 3.63) is 64.5 Å². The van der Waals surface area contributed by atoms with Gasteiger partial charge in [0.2, 0.25) is 11.8 Å². The monoisotopic (exact) mass is 452 g/mol. The molecular formula is C25H26F2N4O2. The number of hydrogen-bond acceptors (Lipinski definition) is 4. The zero-order chi connectivity index (χ0) is 23.5. The number of hydrogen-bond donors (Lipinski definition) is 3. The number of nitrogens with one attached hydrogen (secondary N) is 3. The van der Waals surface area contributed by atoms with Crippen molar-refractivity contribution in [2.45, 2.75) is 51.9 Å². The molecule has 1 aromatic heterocycles. The predicted octanol–water partition coefficient (Wildman–Crippen LogP) is 3.24. The highest BCUT2D eigenvalue weighted by Gasteiger charge is 2.32. The summed E-state index contributed by atoms with van der Waals surface area (Å²) in [6.07, 6.45) is 2.93. The molecule has 4 rings (SSSR count). The minimum atomic E-state index is -1.08. The Morgan fingerprint density at radius 2 is 2.03 bits per heavy atom. The molecule has 0 spiro atoms. The molecule has 0 radical (unpaired) electrons. The number of halogens is 2. The lowest BCUT2D eigenvalue weighted by Crippen LogP contribution is -2.47. The maximum absolute atomic E-state index is 15.2. The molecule has 2 aromatic rings. The topological polar surface area (TPSA) is 83.1 Å². The molecule has 1 aliphatic heterocycles. The molecule has 3 N–H and O–H groups in total. The van der Waals surface area contributed by atoms with Crippen LogP contribution in [0, 0.1) is 35.3 Å². The van der Waals surface area contributed by atoms with E-state index in [0.29, 0.717) is 11.6 Å². The Balaban J connectivity index is 1.53. The largest absolute Gasteiger partial charge is 0.352 e. The van der Waals surface area contributed by atoms with Crippen LogP contribution in [0.5, 0.6) is 0 Å². The fourth-order valence-corrected chi connectivity index (χ4v) is 3.55. The smallest absolute Gasteiger partial charge is 0.223 e. The van der Waals surface area contributed by atoms with Gasteiger partial charge in [-0.25, -0.2) is 8.78 Å². The number of amides is 2. The van der Waals surface area contributed by atoms with Crippen molar-refractivity contribution < 1.29 is 18.4 Å². The number of benzene rings is 1. The highest BCUT2D eigenvalue weighted by Crippen LogP contribution is 2.29. The van der Waals surface area contributed by atoms with E-state index in [-0.39, 0.29) is 41.8 Å². The van der Waals surface area contributed by atoms with Crippen molar-refractivity contribution in [3.63, 3.8) is 0 Å². The van der Waals surface area contributed by atoms with Crippen molar-refractivity contribution in [2.75, 3.05) is 0 Å². The zero-order valence-electron chi connectivity index (χ0n) is 18.5. The maximum atomic E-state index is 15.2. The first-order valence-corrected chi connectivity index (χ1v) is 11.1. The van der Waals surface area contributed by atoms with E-state index in [1.54, 1.807) is 26.1 Å². The lowest BCUT2D eigenvalue weighted by Gasteiger charge is -2.32. The molecule has 2 unspecified atom stereocenters. The van der Waals surface area contributed by atoms with E-state index < -0.39 is 23.8 Å². The van der Waals surface area contributed by atoms with Crippen LogP contribution in [-0.4, -0.2) is 16.8 Å². The second-order valence-electron chi connectivity index (χ2n) is 8.75. The Kier molecular flexibility index (Phi) is 6.70. The molecule has 2 heterocycles. The van der Waals surface area contributed by atoms with Crippen LogP contribution in [0.25, 0.3) is 0 Å². The van der Waals surface area contributed by atoms with E-state index in [1.807, 2.05) is 6.07 Å². The van der Waals surface area contributed by atoms with E-state index in [1.165, 1.54) is 6.07 Å². The number of rotatable bonds is 5. The Hall–Kier alpha value is -3.31. The highest BCUT2D eigenvalue weighted by molar-refractivity contribution is 5.78. The summed E-state index contributed by atoms with van der Waals surface area (Å²) in [5.74, 6) is 4.30. The first-order chi connectivity index (χ1) is 15.8. The van der Waals surface area contributed by atoms with Gasteiger partial charge >= 0.3 is 0 Å². The average Bonchev–Trinajstić information content (AvgIpc) is 3.61. The van der Waals surface area contributed by atoms with Gasteiger partial charge in [0.1, 0.15) is 17.8 Å². The molecule has 172 valence electrons. The SMILES string of the molecule is CC(C)C(=O)NCc1ccc(F)c(C2NC(=O)CC(c3ccc(C#CC4CC4)cn3)N2)c1F. The third-order valence-electron chi connectivity index (χ3n) is 5.68. The van der Waals surface area contributed by atoms with Gasteiger partial charge in [-0.2, -0.15) is 0 Å². The molecule has 2 aliphatic rings. The van der Waals surface area contributed by atoms with Crippen molar-refractivity contribution in [3.8, 4) is 11.8 Å². The lowest BCUT2D eigenvalue weighted by molar-refractivity contribution is -0.125. The van der Waals surface area contributed by atoms with Crippen LogP contribution >= 0.6 is 0 Å². The van der Waals surface area contributed by atoms with Crippen LogP contribution in [-0.2, 0) is 16.1 Å². The summed E-state index contributed by atoms with van der Waals surface area (Å²) in [5.41, 5.74) is 1.22. The van der Waals surface area contributed by atoms with E-state index in [4.69, 9.17) is 0 Å². The summed E-state index contributed by atoms with van der Waals surface area (Å²) in [6, 6.07) is 5.52. The van der Waals surface area contributed by atoms with Gasteiger partial charge in [-0.3, -0.25) is 19.9 Å². The summed E-state index contributed by atoms with van der Waals surface area (Å²) in [5, 5.41) is 8.33. The maximum Gasteiger partial charge on any atom is 0.223 e. The minimum absolute atomic E-state index is 0.0782. The molecule has 1 aromatic carbocycles. The summed E-state index contributed by atoms with van der Waals surface area (Å²) in [4.78, 5) is 28.6. The third kappa shape index (κ3) is 5.55. The van der Waals surface area contributed by atoms with Crippen molar-refractivity contribution in [1.29, 1.82) is 0 Å². The molecule has 0 bridgehead atoms. The molecule has 2 fully saturated rings. The molecule has 8 heteroatoms. The van der Waals surface area contributed by atoms with Crippen LogP contribution in [0.15, 0.2) is 30.5 Å². The normalized spacial score (nSPS) is 20.1. The summed E-state index contributed by atoms with van der Waals surface area (Å²) < 4.78 is 29.9. The Morgan fingerprint density at radius 1 is 1.24 bits per heavy atom. The van der Waals surface area contributed by atoms with E-state index in [2.05, 4.69) is 32.8 Å². The average molecular weight is 453 g/mol. The van der Waals surface area contributed by atoms with Gasteiger partial charge in [0, 0.05) is 42.1 Å². The number of carbonyl (C=O) groups is 2. The summed E-state index contributed by atoms with van der Waals surface area (Å²) in [6.45, 7) is 3.37. The van der Waals surface area contributed by atoms with Gasteiger partial charge in [-0.05, 0) is 31.0 Å². The summed E-state index contributed by atoms with van der Waals surface area (Å²) >= 11 is 0. The predicted molar refractivity (Wildman–Crippen MR) is 118 cm³/mol. The van der Waals surface area contributed by atoms with Crippen LogP contribution in [0.2, 0.25) is 0 Å². The molecule has 1 aliphatic carbocycles. The summed E-state index contributed by atoms with van der Waals surface area (Å²) in [7, 11) is 0. The number of carbonyl (C=O) groups excluding carboxylic acids is 2. The standard InChI is InChI=1S/C25H26F2N4O2/c1-14(2)25(33)29-13-17-8-9-18(26)22(23(17)27)24-30-20(11-21(32)31-24)19-10-7-16(12-28-19)6-5-15-3-4-15/h7-10,12,14-15,20,24,30H,3-4,11,13H2,1-2H3,(H,29,33)(H,31,32). The third-order valence-corrected chi connectivity index (χ3v) is 5.68. The van der Waals surface area contributed by atoms with Gasteiger partial charge in [0.15, 0.2) is 0 Å². The van der Waals surface area contributed by atoms with Crippen LogP contribution in [0.1, 0.15) is 67.7 Å². The first-order valence-electron chi connectivity index (χ1n) is 11.1. The fourth-order valence-electron chi connectivity index (χ4n) is 3.55. The van der Waals surface area contributed by atoms with E-state index >= 15 is 4.39 Å². The number of nitrogens with zero attached hydrogens (tertiary/aromatic N) is 1. The van der Waals surface area contributed by atoms with E-state index in [9.17, 15) is 14.0 Å². The Labute approximate surface area is 191 Å². The Morgan fingerprint density at radius 3 is 2.70 bits per heavy atom. The van der Waals surface area contributed by atoms with E-state index in [0.717, 1.165) is 24.5 Å². The quantitative estimate of drug-likeness (QED) is 0.609. The van der Waals surface area contributed by atoms with Gasteiger partial charge in [0.25, 0.3) is 0 Å². The molecule has 2 amide bonds. The van der Waals surface area contributed by atoms with Gasteiger partial charge in [0.05, 0.1) is 17.3 Å². The molecule has 1 saturated heterocycles. The Bertz CT molecular complexity index is 1120. The number of pyridine rings is 1. The first kappa shape index (κ1) is 22.9. The van der Waals surface area contributed by atoms with Gasteiger partial charge in [-0.15, -0.1) is 0 Å². The van der Waals surface area contributed by atoms with Crippen molar-refractivity contribution >= 4 is 11.8 Å². The van der Waals surface area contributed by atoms with Crippen LogP contribution in [0.4, 0.5) is 8.78 Å². The molecule has 33 heavy (non-hydrogen) atoms. The lowest BCUT2D eigenvalue weighted by atomic mass is 10.00. The van der Waals surface area contributed by atoms with Crippen LogP contribution < -0.4 is 16.0 Å². The molecule has 1 saturated carbocycles. The second-order valence-corrected chi connectivity index (χ2v) is 8.75. The molecular weight excluding hydrogens is 426 g/mol. The minimum Gasteiger partial charge on any atom is -0.352 e. The second kappa shape index (κ2) is 9.67. The van der Waals surface area contributed by atoms with Crippen molar-refractivity contribution in [1.82, 2.24) is 20.9 Å². The molecule has 6 nitrogen and oxygen atoms in total. The van der Waals surface area contributed by atoms with Gasteiger partial charge in [-0.1, -0.05) is 31.8 Å². The van der Waals surface area contributed by atoms with Crippen molar-refractivity contribution in [2.24, 2.45) is 11.8 Å². The fraction of sp³-hybridized carbons (Fsp3) is 0.400. The highest BCUT2D eigenvalue weighted by atomic mass is 19.1. The van der Waals surface area contributed by atoms with Gasteiger partial charge < -0.3 is 10.6 Å². The molecule has 2 atom stereocenters.